The standard InChI is InChI=1S/C19H24N2O2/c1-12-8-13(2)17-10-15(19(23)20-18(17)9-12)11-21(14(3)22)16-6-4-5-7-16/h8-10,16H,4-7,11H2,1-3H3,(H,20,23). The number of amides is 1. The molecule has 122 valence electrons. The highest BCUT2D eigenvalue weighted by molar-refractivity contribution is 5.83. The Morgan fingerprint density at radius 2 is 1.91 bits per heavy atom. The van der Waals surface area contributed by atoms with E-state index in [1.165, 1.54) is 12.8 Å². The summed E-state index contributed by atoms with van der Waals surface area (Å²) in [5.74, 6) is 0.0528. The number of hydrogen-bond acceptors (Lipinski definition) is 2. The van der Waals surface area contributed by atoms with E-state index in [0.717, 1.165) is 34.9 Å². The number of nitrogens with zero attached hydrogens (tertiary/aromatic N) is 1. The van der Waals surface area contributed by atoms with Gasteiger partial charge in [-0.3, -0.25) is 9.59 Å². The van der Waals surface area contributed by atoms with Crippen LogP contribution in [-0.2, 0) is 11.3 Å². The average molecular weight is 312 g/mol. The Morgan fingerprint density at radius 3 is 2.57 bits per heavy atom. The van der Waals surface area contributed by atoms with Gasteiger partial charge in [0.1, 0.15) is 0 Å². The van der Waals surface area contributed by atoms with Crippen LogP contribution in [-0.4, -0.2) is 21.8 Å². The Hall–Kier alpha value is -2.10. The molecule has 0 bridgehead atoms. The SMILES string of the molecule is CC(=O)N(Cc1cc2c(C)cc(C)cc2[nH]c1=O)C1CCCC1. The van der Waals surface area contributed by atoms with Crippen molar-refractivity contribution >= 4 is 16.8 Å². The molecule has 4 heteroatoms. The van der Waals surface area contributed by atoms with Gasteiger partial charge in [-0.1, -0.05) is 18.9 Å². The molecule has 1 aromatic heterocycles. The summed E-state index contributed by atoms with van der Waals surface area (Å²) in [7, 11) is 0. The molecular weight excluding hydrogens is 288 g/mol. The van der Waals surface area contributed by atoms with Gasteiger partial charge in [-0.15, -0.1) is 0 Å². The van der Waals surface area contributed by atoms with Crippen LogP contribution in [0.5, 0.6) is 0 Å². The Balaban J connectivity index is 2.00. The molecule has 2 aromatic rings. The number of aromatic nitrogens is 1. The molecule has 23 heavy (non-hydrogen) atoms. The molecule has 1 amide bonds. The number of fused-ring (bicyclic) bond motifs is 1. The number of pyridine rings is 1. The summed E-state index contributed by atoms with van der Waals surface area (Å²) in [5.41, 5.74) is 3.73. The Labute approximate surface area is 136 Å². The summed E-state index contributed by atoms with van der Waals surface area (Å²) >= 11 is 0. The van der Waals surface area contributed by atoms with Crippen molar-refractivity contribution in [3.8, 4) is 0 Å². The molecular formula is C19H24N2O2. The molecule has 1 aliphatic carbocycles. The zero-order valence-corrected chi connectivity index (χ0v) is 14.1. The molecule has 1 aliphatic rings. The Morgan fingerprint density at radius 1 is 1.22 bits per heavy atom. The largest absolute Gasteiger partial charge is 0.335 e. The quantitative estimate of drug-likeness (QED) is 0.944. The number of hydrogen-bond donors (Lipinski definition) is 1. The van der Waals surface area contributed by atoms with E-state index >= 15 is 0 Å². The fourth-order valence-corrected chi connectivity index (χ4v) is 3.73. The first-order valence-electron chi connectivity index (χ1n) is 8.36. The van der Waals surface area contributed by atoms with Gasteiger partial charge in [-0.25, -0.2) is 0 Å². The first-order chi connectivity index (χ1) is 11.0. The monoisotopic (exact) mass is 312 g/mol. The van der Waals surface area contributed by atoms with Crippen LogP contribution < -0.4 is 5.56 Å². The van der Waals surface area contributed by atoms with Crippen molar-refractivity contribution in [1.82, 2.24) is 9.88 Å². The van der Waals surface area contributed by atoms with Crippen molar-refractivity contribution in [2.24, 2.45) is 0 Å². The first-order valence-corrected chi connectivity index (χ1v) is 8.36. The Bertz CT molecular complexity index is 801. The summed E-state index contributed by atoms with van der Waals surface area (Å²) in [6.07, 6.45) is 4.42. The lowest BCUT2D eigenvalue weighted by Gasteiger charge is -2.27. The van der Waals surface area contributed by atoms with Gasteiger partial charge < -0.3 is 9.88 Å². The summed E-state index contributed by atoms with van der Waals surface area (Å²) in [6, 6.07) is 6.34. The lowest BCUT2D eigenvalue weighted by molar-refractivity contribution is -0.131. The Kier molecular flexibility index (Phi) is 4.24. The molecule has 1 fully saturated rings. The summed E-state index contributed by atoms with van der Waals surface area (Å²) < 4.78 is 0. The van der Waals surface area contributed by atoms with Gasteiger partial charge in [0.05, 0.1) is 6.54 Å². The predicted octanol–water partition coefficient (Wildman–Crippen LogP) is 3.44. The smallest absolute Gasteiger partial charge is 0.253 e. The second-order valence-corrected chi connectivity index (χ2v) is 6.75. The molecule has 0 spiro atoms. The summed E-state index contributed by atoms with van der Waals surface area (Å²) in [4.78, 5) is 29.3. The lowest BCUT2D eigenvalue weighted by Crippen LogP contribution is -2.38. The van der Waals surface area contributed by atoms with Gasteiger partial charge in [-0.05, 0) is 49.9 Å². The van der Waals surface area contributed by atoms with Crippen molar-refractivity contribution in [2.45, 2.75) is 59.0 Å². The highest BCUT2D eigenvalue weighted by Gasteiger charge is 2.25. The molecule has 0 atom stereocenters. The van der Waals surface area contributed by atoms with E-state index < -0.39 is 0 Å². The number of H-pyrrole nitrogens is 1. The number of nitrogens with one attached hydrogen (secondary N) is 1. The number of carbonyl (C=O) groups is 1. The number of aryl methyl sites for hydroxylation is 2. The van der Waals surface area contributed by atoms with Crippen molar-refractivity contribution < 1.29 is 4.79 Å². The van der Waals surface area contributed by atoms with Crippen LogP contribution in [0.25, 0.3) is 10.9 Å². The maximum absolute atomic E-state index is 12.4. The van der Waals surface area contributed by atoms with E-state index in [9.17, 15) is 9.59 Å². The van der Waals surface area contributed by atoms with Crippen molar-refractivity contribution in [3.05, 3.63) is 45.2 Å². The maximum Gasteiger partial charge on any atom is 0.253 e. The second kappa shape index (κ2) is 6.19. The fourth-order valence-electron chi connectivity index (χ4n) is 3.73. The van der Waals surface area contributed by atoms with Crippen LogP contribution >= 0.6 is 0 Å². The second-order valence-electron chi connectivity index (χ2n) is 6.75. The zero-order chi connectivity index (χ0) is 16.6. The topological polar surface area (TPSA) is 53.2 Å². The zero-order valence-electron chi connectivity index (χ0n) is 14.1. The van der Waals surface area contributed by atoms with Gasteiger partial charge in [0.15, 0.2) is 0 Å². The van der Waals surface area contributed by atoms with Crippen molar-refractivity contribution in [2.75, 3.05) is 0 Å². The summed E-state index contributed by atoms with van der Waals surface area (Å²) in [5, 5.41) is 1.06. The van der Waals surface area contributed by atoms with Crippen LogP contribution in [0.3, 0.4) is 0 Å². The van der Waals surface area contributed by atoms with Gasteiger partial charge in [0.2, 0.25) is 5.91 Å². The fraction of sp³-hybridized carbons (Fsp3) is 0.474. The van der Waals surface area contributed by atoms with Gasteiger partial charge >= 0.3 is 0 Å². The van der Waals surface area contributed by atoms with E-state index in [1.807, 2.05) is 24.0 Å². The molecule has 1 aromatic carbocycles. The molecule has 4 nitrogen and oxygen atoms in total. The van der Waals surface area contributed by atoms with Crippen LogP contribution in [0.4, 0.5) is 0 Å². The number of aromatic amines is 1. The van der Waals surface area contributed by atoms with Gasteiger partial charge in [0, 0.05) is 29.4 Å². The minimum atomic E-state index is -0.0910. The molecule has 1 heterocycles. The predicted molar refractivity (Wildman–Crippen MR) is 92.5 cm³/mol. The molecule has 1 N–H and O–H groups in total. The average Bonchev–Trinajstić information content (AvgIpc) is 2.98. The van der Waals surface area contributed by atoms with Crippen LogP contribution in [0.2, 0.25) is 0 Å². The van der Waals surface area contributed by atoms with Crippen LogP contribution in [0.1, 0.15) is 49.3 Å². The van der Waals surface area contributed by atoms with Gasteiger partial charge in [0.25, 0.3) is 5.56 Å². The third kappa shape index (κ3) is 3.16. The third-order valence-corrected chi connectivity index (χ3v) is 4.90. The third-order valence-electron chi connectivity index (χ3n) is 4.90. The van der Waals surface area contributed by atoms with Crippen LogP contribution in [0.15, 0.2) is 23.0 Å². The lowest BCUT2D eigenvalue weighted by atomic mass is 10.0. The first kappa shape index (κ1) is 15.8. The molecule has 0 saturated heterocycles. The van der Waals surface area contributed by atoms with E-state index in [1.54, 1.807) is 6.92 Å². The molecule has 0 unspecified atom stereocenters. The normalized spacial score (nSPS) is 15.3. The number of benzene rings is 1. The molecule has 3 rings (SSSR count). The highest BCUT2D eigenvalue weighted by atomic mass is 16.2. The molecule has 0 aliphatic heterocycles. The molecule has 1 saturated carbocycles. The maximum atomic E-state index is 12.4. The highest BCUT2D eigenvalue weighted by Crippen LogP contribution is 2.25. The van der Waals surface area contributed by atoms with E-state index in [-0.39, 0.29) is 17.5 Å². The minimum absolute atomic E-state index is 0.0528. The van der Waals surface area contributed by atoms with Crippen LogP contribution in [0, 0.1) is 13.8 Å². The van der Waals surface area contributed by atoms with E-state index in [0.29, 0.717) is 12.1 Å². The minimum Gasteiger partial charge on any atom is -0.335 e. The molecule has 0 radical (unpaired) electrons. The summed E-state index contributed by atoms with van der Waals surface area (Å²) in [6.45, 7) is 6.08. The van der Waals surface area contributed by atoms with Crippen molar-refractivity contribution in [3.63, 3.8) is 0 Å². The van der Waals surface area contributed by atoms with E-state index in [2.05, 4.69) is 18.0 Å². The number of carbonyl (C=O) groups excluding carboxylic acids is 1. The van der Waals surface area contributed by atoms with Gasteiger partial charge in [-0.2, -0.15) is 0 Å². The number of rotatable bonds is 3. The van der Waals surface area contributed by atoms with Crippen molar-refractivity contribution in [1.29, 1.82) is 0 Å². The van der Waals surface area contributed by atoms with E-state index in [4.69, 9.17) is 0 Å².